The molecular weight excluding hydrogens is 306 g/mol. The fourth-order valence-electron chi connectivity index (χ4n) is 2.95. The third kappa shape index (κ3) is 4.57. The molecule has 1 N–H and O–H groups in total. The van der Waals surface area contributed by atoms with Crippen molar-refractivity contribution in [3.63, 3.8) is 0 Å². The molecule has 3 aromatic rings. The third-order valence-corrected chi connectivity index (χ3v) is 4.34. The van der Waals surface area contributed by atoms with Crippen molar-refractivity contribution < 1.29 is 4.79 Å². The zero-order chi connectivity index (χ0) is 17.5. The van der Waals surface area contributed by atoms with Crippen LogP contribution in [0.2, 0.25) is 0 Å². The summed E-state index contributed by atoms with van der Waals surface area (Å²) in [7, 11) is 0. The van der Waals surface area contributed by atoms with E-state index in [2.05, 4.69) is 36.5 Å². The van der Waals surface area contributed by atoms with Gasteiger partial charge in [0.2, 0.25) is 0 Å². The highest BCUT2D eigenvalue weighted by atomic mass is 16.1. The van der Waals surface area contributed by atoms with Crippen LogP contribution in [-0.2, 0) is 6.42 Å². The number of hydrogen-bond acceptors (Lipinski definition) is 1. The summed E-state index contributed by atoms with van der Waals surface area (Å²) >= 11 is 0. The van der Waals surface area contributed by atoms with Crippen LogP contribution in [0.15, 0.2) is 84.9 Å². The van der Waals surface area contributed by atoms with E-state index in [9.17, 15) is 4.79 Å². The highest BCUT2D eigenvalue weighted by Crippen LogP contribution is 2.23. The van der Waals surface area contributed by atoms with Crippen molar-refractivity contribution >= 4 is 5.91 Å². The smallest absolute Gasteiger partial charge is 0.252 e. The van der Waals surface area contributed by atoms with E-state index in [0.29, 0.717) is 0 Å². The maximum Gasteiger partial charge on any atom is 0.252 e. The molecule has 3 aromatic carbocycles. The molecular formula is C23H23NO. The first-order valence-electron chi connectivity index (χ1n) is 8.73. The quantitative estimate of drug-likeness (QED) is 0.669. The second-order valence-corrected chi connectivity index (χ2v) is 6.31. The Hall–Kier alpha value is -2.87. The SMILES string of the molecule is CC(CCc1ccccc1)NC(=O)c1ccccc1-c1ccccc1. The summed E-state index contributed by atoms with van der Waals surface area (Å²) in [5, 5.41) is 3.14. The molecule has 0 saturated heterocycles. The molecule has 0 saturated carbocycles. The van der Waals surface area contributed by atoms with Crippen molar-refractivity contribution in [3.05, 3.63) is 96.1 Å². The summed E-state index contributed by atoms with van der Waals surface area (Å²) in [4.78, 5) is 12.7. The molecule has 0 spiro atoms. The number of carbonyl (C=O) groups excluding carboxylic acids is 1. The fraction of sp³-hybridized carbons (Fsp3) is 0.174. The number of carbonyl (C=O) groups is 1. The minimum Gasteiger partial charge on any atom is -0.350 e. The van der Waals surface area contributed by atoms with E-state index in [0.717, 1.165) is 29.5 Å². The van der Waals surface area contributed by atoms with E-state index in [1.807, 2.05) is 60.7 Å². The Morgan fingerprint density at radius 2 is 1.44 bits per heavy atom. The zero-order valence-electron chi connectivity index (χ0n) is 14.5. The lowest BCUT2D eigenvalue weighted by molar-refractivity contribution is 0.0939. The number of aryl methyl sites for hydroxylation is 1. The van der Waals surface area contributed by atoms with Crippen molar-refractivity contribution in [1.82, 2.24) is 5.32 Å². The summed E-state index contributed by atoms with van der Waals surface area (Å²) in [5.41, 5.74) is 4.05. The Kier molecular flexibility index (Phi) is 5.63. The van der Waals surface area contributed by atoms with Crippen molar-refractivity contribution in [2.45, 2.75) is 25.8 Å². The Balaban J connectivity index is 1.67. The lowest BCUT2D eigenvalue weighted by Gasteiger charge is -2.16. The van der Waals surface area contributed by atoms with Gasteiger partial charge in [0.15, 0.2) is 0 Å². The maximum atomic E-state index is 12.7. The van der Waals surface area contributed by atoms with Gasteiger partial charge in [-0.05, 0) is 42.5 Å². The Bertz CT molecular complexity index is 812. The third-order valence-electron chi connectivity index (χ3n) is 4.34. The van der Waals surface area contributed by atoms with Crippen LogP contribution in [0.5, 0.6) is 0 Å². The first-order chi connectivity index (χ1) is 12.2. The Morgan fingerprint density at radius 1 is 0.840 bits per heavy atom. The highest BCUT2D eigenvalue weighted by molar-refractivity contribution is 6.01. The summed E-state index contributed by atoms with van der Waals surface area (Å²) in [6.07, 6.45) is 1.88. The molecule has 0 aliphatic rings. The van der Waals surface area contributed by atoms with E-state index in [4.69, 9.17) is 0 Å². The molecule has 0 fully saturated rings. The Labute approximate surface area is 149 Å². The molecule has 0 aromatic heterocycles. The average molecular weight is 329 g/mol. The molecule has 1 unspecified atom stereocenters. The van der Waals surface area contributed by atoms with Crippen LogP contribution in [0.25, 0.3) is 11.1 Å². The van der Waals surface area contributed by atoms with Crippen LogP contribution in [0.1, 0.15) is 29.3 Å². The molecule has 25 heavy (non-hydrogen) atoms. The van der Waals surface area contributed by atoms with Crippen LogP contribution >= 0.6 is 0 Å². The Morgan fingerprint density at radius 3 is 2.16 bits per heavy atom. The van der Waals surface area contributed by atoms with Gasteiger partial charge in [0.05, 0.1) is 0 Å². The summed E-state index contributed by atoms with van der Waals surface area (Å²) in [5.74, 6) is -0.0139. The monoisotopic (exact) mass is 329 g/mol. The first-order valence-corrected chi connectivity index (χ1v) is 8.73. The van der Waals surface area contributed by atoms with Gasteiger partial charge in [0.1, 0.15) is 0 Å². The number of nitrogens with one attached hydrogen (secondary N) is 1. The molecule has 0 aliphatic heterocycles. The molecule has 0 radical (unpaired) electrons. The minimum atomic E-state index is -0.0139. The molecule has 0 aliphatic carbocycles. The van der Waals surface area contributed by atoms with E-state index >= 15 is 0 Å². The maximum absolute atomic E-state index is 12.7. The predicted octanol–water partition coefficient (Wildman–Crippen LogP) is 5.10. The van der Waals surface area contributed by atoms with E-state index < -0.39 is 0 Å². The molecule has 1 atom stereocenters. The normalized spacial score (nSPS) is 11.7. The molecule has 2 heteroatoms. The van der Waals surface area contributed by atoms with Crippen LogP contribution in [-0.4, -0.2) is 11.9 Å². The van der Waals surface area contributed by atoms with Crippen molar-refractivity contribution in [2.75, 3.05) is 0 Å². The second-order valence-electron chi connectivity index (χ2n) is 6.31. The number of benzene rings is 3. The topological polar surface area (TPSA) is 29.1 Å². The number of hydrogen-bond donors (Lipinski definition) is 1. The second kappa shape index (κ2) is 8.29. The lowest BCUT2D eigenvalue weighted by atomic mass is 9.99. The van der Waals surface area contributed by atoms with Crippen LogP contribution < -0.4 is 5.32 Å². The van der Waals surface area contributed by atoms with Gasteiger partial charge < -0.3 is 5.32 Å². The van der Waals surface area contributed by atoms with Gasteiger partial charge >= 0.3 is 0 Å². The summed E-state index contributed by atoms with van der Waals surface area (Å²) in [6.45, 7) is 2.06. The summed E-state index contributed by atoms with van der Waals surface area (Å²) < 4.78 is 0. The number of rotatable bonds is 6. The van der Waals surface area contributed by atoms with Gasteiger partial charge in [-0.3, -0.25) is 4.79 Å². The molecule has 126 valence electrons. The zero-order valence-corrected chi connectivity index (χ0v) is 14.5. The fourth-order valence-corrected chi connectivity index (χ4v) is 2.95. The van der Waals surface area contributed by atoms with Crippen molar-refractivity contribution in [2.24, 2.45) is 0 Å². The standard InChI is InChI=1S/C23H23NO/c1-18(16-17-19-10-4-2-5-11-19)24-23(25)22-15-9-8-14-21(22)20-12-6-3-7-13-20/h2-15,18H,16-17H2,1H3,(H,24,25). The molecule has 3 rings (SSSR count). The van der Waals surface area contributed by atoms with Crippen molar-refractivity contribution in [3.8, 4) is 11.1 Å². The molecule has 2 nitrogen and oxygen atoms in total. The van der Waals surface area contributed by atoms with Gasteiger partial charge in [-0.25, -0.2) is 0 Å². The average Bonchev–Trinajstić information content (AvgIpc) is 2.68. The van der Waals surface area contributed by atoms with E-state index in [1.165, 1.54) is 5.56 Å². The van der Waals surface area contributed by atoms with E-state index in [-0.39, 0.29) is 11.9 Å². The predicted molar refractivity (Wildman–Crippen MR) is 104 cm³/mol. The van der Waals surface area contributed by atoms with Crippen LogP contribution in [0, 0.1) is 0 Å². The molecule has 0 heterocycles. The van der Waals surface area contributed by atoms with Gasteiger partial charge in [-0.1, -0.05) is 78.9 Å². The lowest BCUT2D eigenvalue weighted by Crippen LogP contribution is -2.33. The van der Waals surface area contributed by atoms with Crippen molar-refractivity contribution in [1.29, 1.82) is 0 Å². The first kappa shape index (κ1) is 17.0. The summed E-state index contributed by atoms with van der Waals surface area (Å²) in [6, 6.07) is 28.3. The minimum absolute atomic E-state index is 0.0139. The van der Waals surface area contributed by atoms with Gasteiger partial charge in [-0.15, -0.1) is 0 Å². The van der Waals surface area contributed by atoms with Gasteiger partial charge in [-0.2, -0.15) is 0 Å². The molecule has 1 amide bonds. The van der Waals surface area contributed by atoms with Crippen LogP contribution in [0.4, 0.5) is 0 Å². The molecule has 0 bridgehead atoms. The number of amides is 1. The van der Waals surface area contributed by atoms with Gasteiger partial charge in [0, 0.05) is 11.6 Å². The van der Waals surface area contributed by atoms with Gasteiger partial charge in [0.25, 0.3) is 5.91 Å². The van der Waals surface area contributed by atoms with Crippen LogP contribution in [0.3, 0.4) is 0 Å². The largest absolute Gasteiger partial charge is 0.350 e. The highest BCUT2D eigenvalue weighted by Gasteiger charge is 2.14. The van der Waals surface area contributed by atoms with E-state index in [1.54, 1.807) is 0 Å².